The van der Waals surface area contributed by atoms with Gasteiger partial charge in [-0.1, -0.05) is 32.9 Å². The third kappa shape index (κ3) is 7.10. The summed E-state index contributed by atoms with van der Waals surface area (Å²) in [6.07, 6.45) is 5.86. The van der Waals surface area contributed by atoms with Crippen LogP contribution in [0.3, 0.4) is 0 Å². The second-order valence-electron chi connectivity index (χ2n) is 9.29. The second-order valence-corrected chi connectivity index (χ2v) is 11.8. The minimum Gasteiger partial charge on any atom is -0.437 e. The van der Waals surface area contributed by atoms with Crippen molar-refractivity contribution in [2.45, 2.75) is 44.9 Å². The van der Waals surface area contributed by atoms with Crippen molar-refractivity contribution in [1.29, 1.82) is 0 Å². The maximum Gasteiger partial charge on any atom is 0.257 e. The maximum atomic E-state index is 14.9. The van der Waals surface area contributed by atoms with Crippen LogP contribution in [0.1, 0.15) is 25.8 Å². The molecule has 2 aromatic rings. The summed E-state index contributed by atoms with van der Waals surface area (Å²) < 4.78 is 57.2. The number of aliphatic hydroxyl groups is 1. The van der Waals surface area contributed by atoms with Gasteiger partial charge in [0.1, 0.15) is 11.6 Å². The van der Waals surface area contributed by atoms with E-state index in [4.69, 9.17) is 9.47 Å². The lowest BCUT2D eigenvalue weighted by molar-refractivity contribution is -0.128. The molecule has 0 bridgehead atoms. The number of ether oxygens (including phenoxy) is 2. The molecular formula is C27H30F3IN4O4. The van der Waals surface area contributed by atoms with Gasteiger partial charge in [-0.25, -0.2) is 23.1 Å². The highest BCUT2D eigenvalue weighted by Crippen LogP contribution is 2.40. The highest BCUT2D eigenvalue weighted by atomic mass is 127. The van der Waals surface area contributed by atoms with Gasteiger partial charge in [-0.05, 0) is 41.6 Å². The number of carbonyl (C=O) groups is 1. The SMILES string of the molecule is COC(C)C1=CC=C([C@H]2CN(C(C)C(=O)Nc3cnc(Oc4ccc(F)cc4CO)cn3)CCC2(F)F)C=I1. The number of anilines is 1. The number of alkyl halides is 2. The van der Waals surface area contributed by atoms with Crippen molar-refractivity contribution in [2.75, 3.05) is 25.5 Å². The summed E-state index contributed by atoms with van der Waals surface area (Å²) in [6, 6.07) is 3.04. The van der Waals surface area contributed by atoms with Gasteiger partial charge in [-0.3, -0.25) is 9.69 Å². The van der Waals surface area contributed by atoms with Crippen molar-refractivity contribution in [1.82, 2.24) is 14.9 Å². The lowest BCUT2D eigenvalue weighted by Gasteiger charge is -2.41. The Hall–Kier alpha value is -2.68. The zero-order chi connectivity index (χ0) is 28.2. The fourth-order valence-corrected chi connectivity index (χ4v) is 6.75. The molecule has 2 aliphatic rings. The van der Waals surface area contributed by atoms with Crippen molar-refractivity contribution >= 4 is 36.5 Å². The second kappa shape index (κ2) is 12.7. The fraction of sp³-hybridized carbons (Fsp3) is 0.407. The molecule has 210 valence electrons. The number of halogens is 4. The van der Waals surface area contributed by atoms with Crippen molar-refractivity contribution in [3.8, 4) is 11.6 Å². The number of aromatic nitrogens is 2. The molecule has 2 N–H and O–H groups in total. The van der Waals surface area contributed by atoms with Crippen molar-refractivity contribution in [3.05, 3.63) is 63.3 Å². The van der Waals surface area contributed by atoms with Gasteiger partial charge in [0.05, 0.1) is 37.1 Å². The van der Waals surface area contributed by atoms with Crippen LogP contribution in [0.4, 0.5) is 19.0 Å². The Kier molecular flexibility index (Phi) is 9.51. The molecule has 39 heavy (non-hydrogen) atoms. The number of hydrogen-bond acceptors (Lipinski definition) is 7. The number of nitrogens with zero attached hydrogens (tertiary/aromatic N) is 3. The minimum atomic E-state index is -2.86. The highest BCUT2D eigenvalue weighted by Gasteiger charge is 2.47. The van der Waals surface area contributed by atoms with E-state index in [2.05, 4.69) is 15.3 Å². The number of allylic oxidation sites excluding steroid dienone is 2. The molecule has 0 radical (unpaired) electrons. The Bertz CT molecular complexity index is 1290. The molecule has 2 aliphatic heterocycles. The van der Waals surface area contributed by atoms with Gasteiger partial charge < -0.3 is 19.9 Å². The van der Waals surface area contributed by atoms with E-state index in [-0.39, 0.29) is 48.6 Å². The van der Waals surface area contributed by atoms with Gasteiger partial charge in [0.2, 0.25) is 11.8 Å². The summed E-state index contributed by atoms with van der Waals surface area (Å²) in [7, 11) is 1.63. The molecule has 1 aromatic carbocycles. The van der Waals surface area contributed by atoms with Crippen molar-refractivity contribution in [3.63, 3.8) is 0 Å². The topological polar surface area (TPSA) is 96.8 Å². The molecule has 0 saturated carbocycles. The lowest BCUT2D eigenvalue weighted by Crippen LogP contribution is -2.53. The Morgan fingerprint density at radius 1 is 1.28 bits per heavy atom. The number of amides is 1. The molecule has 2 unspecified atom stereocenters. The van der Waals surface area contributed by atoms with Crippen LogP contribution >= 0.6 is 20.7 Å². The Balaban J connectivity index is 1.39. The van der Waals surface area contributed by atoms with Crippen LogP contribution in [0.2, 0.25) is 0 Å². The molecule has 1 saturated heterocycles. The van der Waals surface area contributed by atoms with E-state index in [1.165, 1.54) is 24.5 Å². The van der Waals surface area contributed by atoms with Crippen LogP contribution in [0.15, 0.2) is 51.9 Å². The number of benzene rings is 1. The summed E-state index contributed by atoms with van der Waals surface area (Å²) in [5.74, 6) is -4.29. The smallest absolute Gasteiger partial charge is 0.257 e. The first-order chi connectivity index (χ1) is 18.6. The van der Waals surface area contributed by atoms with E-state index in [1.54, 1.807) is 25.0 Å². The van der Waals surface area contributed by atoms with E-state index in [9.17, 15) is 23.1 Å². The van der Waals surface area contributed by atoms with E-state index >= 15 is 0 Å². The van der Waals surface area contributed by atoms with Crippen LogP contribution in [0.5, 0.6) is 11.6 Å². The molecule has 0 aliphatic carbocycles. The number of nitrogens with one attached hydrogen (secondary N) is 1. The van der Waals surface area contributed by atoms with Crippen molar-refractivity contribution < 1.29 is 32.5 Å². The lowest BCUT2D eigenvalue weighted by atomic mass is 9.86. The number of carbonyl (C=O) groups excluding carboxylic acids is 1. The van der Waals surface area contributed by atoms with Gasteiger partial charge in [0, 0.05) is 35.8 Å². The summed E-state index contributed by atoms with van der Waals surface area (Å²) in [6.45, 7) is 3.35. The maximum absolute atomic E-state index is 14.9. The molecular weight excluding hydrogens is 628 g/mol. The number of hydrogen-bond donors (Lipinski definition) is 2. The summed E-state index contributed by atoms with van der Waals surface area (Å²) in [5.41, 5.74) is 0.863. The van der Waals surface area contributed by atoms with Gasteiger partial charge >= 0.3 is 0 Å². The monoisotopic (exact) mass is 658 g/mol. The predicted octanol–water partition coefficient (Wildman–Crippen LogP) is 4.82. The number of rotatable bonds is 9. The molecule has 4 rings (SSSR count). The molecule has 8 nitrogen and oxygen atoms in total. The Labute approximate surface area is 234 Å². The Morgan fingerprint density at radius 2 is 2.08 bits per heavy atom. The van der Waals surface area contributed by atoms with E-state index < -0.39 is 56.9 Å². The molecule has 12 heteroatoms. The van der Waals surface area contributed by atoms with E-state index in [0.29, 0.717) is 5.57 Å². The van der Waals surface area contributed by atoms with Crippen LogP contribution < -0.4 is 10.1 Å². The third-order valence-electron chi connectivity index (χ3n) is 6.76. The molecule has 0 spiro atoms. The average molecular weight is 658 g/mol. The number of methoxy groups -OCH3 is 1. The van der Waals surface area contributed by atoms with E-state index in [0.717, 1.165) is 9.65 Å². The minimum absolute atomic E-state index is 0.0383. The largest absolute Gasteiger partial charge is 0.437 e. The summed E-state index contributed by atoms with van der Waals surface area (Å²) in [5, 5.41) is 12.1. The first kappa shape index (κ1) is 29.3. The van der Waals surface area contributed by atoms with Gasteiger partial charge in [0.15, 0.2) is 5.82 Å². The van der Waals surface area contributed by atoms with Gasteiger partial charge in [0.25, 0.3) is 5.92 Å². The quantitative estimate of drug-likeness (QED) is 0.374. The molecule has 1 amide bonds. The molecule has 3 heterocycles. The zero-order valence-electron chi connectivity index (χ0n) is 21.7. The number of piperidine rings is 1. The fourth-order valence-electron chi connectivity index (χ4n) is 4.24. The van der Waals surface area contributed by atoms with E-state index in [1.807, 2.05) is 17.0 Å². The third-order valence-corrected chi connectivity index (χ3v) is 9.75. The van der Waals surface area contributed by atoms with Crippen LogP contribution in [0, 0.1) is 11.7 Å². The normalized spacial score (nSPS) is 20.7. The zero-order valence-corrected chi connectivity index (χ0v) is 23.9. The predicted molar refractivity (Wildman–Crippen MR) is 150 cm³/mol. The standard InChI is InChI=1S/C27H30F3IN4O4/c1-16(35-9-8-27(29,30)21(14-35)18-4-6-22(31-11-18)17(2)38-3)26(37)34-24-12-33-25(13-32-24)39-23-7-5-20(28)10-19(23)15-36/h4-7,10-13,16-17,21,36H,8-9,14-15H2,1-3H3,(H,32,34,37)/t16?,17?,21-/m1/s1. The first-order valence-corrected chi connectivity index (χ1v) is 14.7. The van der Waals surface area contributed by atoms with Crippen molar-refractivity contribution in [2.24, 2.45) is 5.92 Å². The average Bonchev–Trinajstić information content (AvgIpc) is 2.94. The van der Waals surface area contributed by atoms with Crippen LogP contribution in [-0.4, -0.2) is 68.2 Å². The Morgan fingerprint density at radius 3 is 2.72 bits per heavy atom. The van der Waals surface area contributed by atoms with Gasteiger partial charge in [-0.2, -0.15) is 0 Å². The summed E-state index contributed by atoms with van der Waals surface area (Å²) in [4.78, 5) is 23.0. The molecule has 1 aromatic heterocycles. The van der Waals surface area contributed by atoms with Crippen LogP contribution in [-0.2, 0) is 16.1 Å². The highest BCUT2D eigenvalue weighted by molar-refractivity contribution is 14.2. The summed E-state index contributed by atoms with van der Waals surface area (Å²) >= 11 is -0.552. The first-order valence-electron chi connectivity index (χ1n) is 12.3. The number of likely N-dealkylation sites (tertiary alicyclic amines) is 1. The molecule has 1 fully saturated rings. The molecule has 3 atom stereocenters. The van der Waals surface area contributed by atoms with Gasteiger partial charge in [-0.15, -0.1) is 0 Å². The number of aliphatic hydroxyl groups excluding tert-OH is 1. The van der Waals surface area contributed by atoms with Crippen LogP contribution in [0.25, 0.3) is 0 Å².